The first-order valence-corrected chi connectivity index (χ1v) is 4.35. The van der Waals surface area contributed by atoms with Gasteiger partial charge in [0.2, 0.25) is 0 Å². The largest absolute Gasteiger partial charge is 0.450 e. The minimum Gasteiger partial charge on any atom is -0.450 e. The van der Waals surface area contributed by atoms with Gasteiger partial charge in [0.15, 0.2) is 0 Å². The number of nitrogens with two attached hydrogens (primary N) is 1. The molecule has 0 aliphatic heterocycles. The first-order chi connectivity index (χ1) is 5.85. The standard InChI is InChI=1S/C10H17NO2/c1-5-8(11)6-7-9(12)13-10(2,3)4/h8H,5,11H2,1-4H3. The molecule has 0 fully saturated rings. The van der Waals surface area contributed by atoms with Gasteiger partial charge in [-0.2, -0.15) is 0 Å². The Morgan fingerprint density at radius 1 is 1.54 bits per heavy atom. The van der Waals surface area contributed by atoms with E-state index in [0.717, 1.165) is 6.42 Å². The summed E-state index contributed by atoms with van der Waals surface area (Å²) >= 11 is 0. The smallest absolute Gasteiger partial charge is 0.384 e. The third kappa shape index (κ3) is 7.35. The van der Waals surface area contributed by atoms with Crippen molar-refractivity contribution in [3.63, 3.8) is 0 Å². The Morgan fingerprint density at radius 2 is 2.08 bits per heavy atom. The lowest BCUT2D eigenvalue weighted by atomic mass is 10.2. The van der Waals surface area contributed by atoms with E-state index in [9.17, 15) is 4.79 Å². The fraction of sp³-hybridized carbons (Fsp3) is 0.700. The minimum atomic E-state index is -0.517. The molecule has 0 amide bonds. The van der Waals surface area contributed by atoms with Crippen molar-refractivity contribution in [1.82, 2.24) is 0 Å². The van der Waals surface area contributed by atoms with Crippen LogP contribution >= 0.6 is 0 Å². The lowest BCUT2D eigenvalue weighted by molar-refractivity contribution is -0.147. The van der Waals surface area contributed by atoms with Crippen LogP contribution < -0.4 is 5.73 Å². The van der Waals surface area contributed by atoms with Crippen molar-refractivity contribution in [1.29, 1.82) is 0 Å². The van der Waals surface area contributed by atoms with E-state index in [-0.39, 0.29) is 6.04 Å². The molecule has 0 rings (SSSR count). The van der Waals surface area contributed by atoms with E-state index in [1.165, 1.54) is 0 Å². The molecule has 1 unspecified atom stereocenters. The maximum Gasteiger partial charge on any atom is 0.384 e. The molecule has 0 saturated carbocycles. The predicted molar refractivity (Wildman–Crippen MR) is 51.9 cm³/mol. The summed E-state index contributed by atoms with van der Waals surface area (Å²) in [7, 11) is 0. The SMILES string of the molecule is CCC(N)C#CC(=O)OC(C)(C)C. The molecule has 0 aliphatic rings. The highest BCUT2D eigenvalue weighted by Gasteiger charge is 2.14. The van der Waals surface area contributed by atoms with E-state index < -0.39 is 11.6 Å². The summed E-state index contributed by atoms with van der Waals surface area (Å²) < 4.78 is 4.96. The molecule has 2 N–H and O–H groups in total. The summed E-state index contributed by atoms with van der Waals surface area (Å²) in [5.41, 5.74) is 5.02. The molecule has 13 heavy (non-hydrogen) atoms. The van der Waals surface area contributed by atoms with Crippen molar-refractivity contribution in [3.05, 3.63) is 0 Å². The number of carbonyl (C=O) groups excluding carboxylic acids is 1. The van der Waals surface area contributed by atoms with Crippen LogP contribution in [0.15, 0.2) is 0 Å². The van der Waals surface area contributed by atoms with Gasteiger partial charge in [-0.3, -0.25) is 0 Å². The molecule has 0 heterocycles. The Labute approximate surface area is 79.6 Å². The van der Waals surface area contributed by atoms with Crippen LogP contribution in [0, 0.1) is 11.8 Å². The highest BCUT2D eigenvalue weighted by molar-refractivity contribution is 5.88. The van der Waals surface area contributed by atoms with Gasteiger partial charge in [0.05, 0.1) is 6.04 Å². The number of carbonyl (C=O) groups is 1. The number of hydrogen-bond acceptors (Lipinski definition) is 3. The zero-order valence-corrected chi connectivity index (χ0v) is 8.68. The van der Waals surface area contributed by atoms with Crippen molar-refractivity contribution in [2.75, 3.05) is 0 Å². The lowest BCUT2D eigenvalue weighted by Crippen LogP contribution is -2.23. The maximum absolute atomic E-state index is 11.0. The fourth-order valence-corrected chi connectivity index (χ4v) is 0.557. The molecular weight excluding hydrogens is 166 g/mol. The first-order valence-electron chi connectivity index (χ1n) is 4.35. The number of ether oxygens (including phenoxy) is 1. The van der Waals surface area contributed by atoms with Crippen LogP contribution in [0.4, 0.5) is 0 Å². The highest BCUT2D eigenvalue weighted by atomic mass is 16.6. The van der Waals surface area contributed by atoms with Crippen molar-refractivity contribution < 1.29 is 9.53 Å². The molecule has 0 bridgehead atoms. The van der Waals surface area contributed by atoms with Crippen molar-refractivity contribution in [2.45, 2.75) is 45.8 Å². The van der Waals surface area contributed by atoms with E-state index in [2.05, 4.69) is 11.8 Å². The van der Waals surface area contributed by atoms with Crippen LogP contribution in [0.3, 0.4) is 0 Å². The molecule has 74 valence electrons. The molecule has 0 radical (unpaired) electrons. The van der Waals surface area contributed by atoms with Gasteiger partial charge in [0, 0.05) is 5.92 Å². The van der Waals surface area contributed by atoms with Crippen LogP contribution in [-0.2, 0) is 9.53 Å². The van der Waals surface area contributed by atoms with Crippen molar-refractivity contribution >= 4 is 5.97 Å². The maximum atomic E-state index is 11.0. The van der Waals surface area contributed by atoms with E-state index >= 15 is 0 Å². The Balaban J connectivity index is 4.06. The van der Waals surface area contributed by atoms with Crippen LogP contribution in [0.2, 0.25) is 0 Å². The van der Waals surface area contributed by atoms with Crippen molar-refractivity contribution in [3.8, 4) is 11.8 Å². The Hall–Kier alpha value is -1.01. The van der Waals surface area contributed by atoms with E-state index in [1.807, 2.05) is 6.92 Å². The normalized spacial score (nSPS) is 12.7. The summed E-state index contributed by atoms with van der Waals surface area (Å²) in [5, 5.41) is 0. The van der Waals surface area contributed by atoms with Gasteiger partial charge >= 0.3 is 5.97 Å². The second kappa shape index (κ2) is 4.88. The zero-order chi connectivity index (χ0) is 10.5. The predicted octanol–water partition coefficient (Wildman–Crippen LogP) is 1.07. The highest BCUT2D eigenvalue weighted by Crippen LogP contribution is 2.05. The first kappa shape index (κ1) is 12.0. The second-order valence-corrected chi connectivity index (χ2v) is 3.79. The summed E-state index contributed by atoms with van der Waals surface area (Å²) in [5.74, 6) is 4.44. The Morgan fingerprint density at radius 3 is 2.46 bits per heavy atom. The van der Waals surface area contributed by atoms with Crippen LogP contribution in [-0.4, -0.2) is 17.6 Å². The zero-order valence-electron chi connectivity index (χ0n) is 8.68. The summed E-state index contributed by atoms with van der Waals surface area (Å²) in [6.45, 7) is 7.30. The van der Waals surface area contributed by atoms with Gasteiger partial charge in [-0.15, -0.1) is 0 Å². The molecule has 3 heteroatoms. The van der Waals surface area contributed by atoms with Crippen LogP contribution in [0.1, 0.15) is 34.1 Å². The van der Waals surface area contributed by atoms with Crippen molar-refractivity contribution in [2.24, 2.45) is 5.73 Å². The monoisotopic (exact) mass is 183 g/mol. The van der Waals surface area contributed by atoms with E-state index in [1.54, 1.807) is 20.8 Å². The average molecular weight is 183 g/mol. The minimum absolute atomic E-state index is 0.243. The molecule has 0 aromatic heterocycles. The van der Waals surface area contributed by atoms with Gasteiger partial charge in [-0.05, 0) is 27.2 Å². The van der Waals surface area contributed by atoms with Crippen LogP contribution in [0.25, 0.3) is 0 Å². The van der Waals surface area contributed by atoms with Gasteiger partial charge in [0.1, 0.15) is 5.60 Å². The van der Waals surface area contributed by atoms with Gasteiger partial charge in [-0.1, -0.05) is 12.8 Å². The Bertz CT molecular complexity index is 230. The fourth-order valence-electron chi connectivity index (χ4n) is 0.557. The number of rotatable bonds is 1. The molecule has 3 nitrogen and oxygen atoms in total. The molecule has 0 spiro atoms. The Kier molecular flexibility index (Phi) is 4.50. The molecule has 0 aromatic carbocycles. The number of hydrogen-bond donors (Lipinski definition) is 1. The van der Waals surface area contributed by atoms with Gasteiger partial charge < -0.3 is 10.5 Å². The second-order valence-electron chi connectivity index (χ2n) is 3.79. The lowest BCUT2D eigenvalue weighted by Gasteiger charge is -2.16. The molecule has 1 atom stereocenters. The topological polar surface area (TPSA) is 52.3 Å². The summed E-state index contributed by atoms with van der Waals surface area (Å²) in [6, 6.07) is -0.243. The van der Waals surface area contributed by atoms with E-state index in [4.69, 9.17) is 10.5 Å². The number of esters is 1. The average Bonchev–Trinajstić information content (AvgIpc) is 1.97. The molecule has 0 aromatic rings. The quantitative estimate of drug-likeness (QED) is 0.376. The molecule has 0 saturated heterocycles. The third-order valence-corrected chi connectivity index (χ3v) is 1.20. The third-order valence-electron chi connectivity index (χ3n) is 1.20. The van der Waals surface area contributed by atoms with Crippen LogP contribution in [0.5, 0.6) is 0 Å². The van der Waals surface area contributed by atoms with Gasteiger partial charge in [-0.25, -0.2) is 4.79 Å². The molecular formula is C10H17NO2. The molecule has 0 aliphatic carbocycles. The van der Waals surface area contributed by atoms with Gasteiger partial charge in [0.25, 0.3) is 0 Å². The summed E-state index contributed by atoms with van der Waals surface area (Å²) in [6.07, 6.45) is 0.732. The summed E-state index contributed by atoms with van der Waals surface area (Å²) in [4.78, 5) is 11.0. The van der Waals surface area contributed by atoms with E-state index in [0.29, 0.717) is 0 Å².